The summed E-state index contributed by atoms with van der Waals surface area (Å²) in [5, 5.41) is 2.94. The Hall–Kier alpha value is -2.39. The Morgan fingerprint density at radius 1 is 1.07 bits per heavy atom. The van der Waals surface area contributed by atoms with E-state index >= 15 is 0 Å². The lowest BCUT2D eigenvalue weighted by Crippen LogP contribution is -2.42. The molecule has 0 radical (unpaired) electrons. The molecule has 7 nitrogen and oxygen atoms in total. The second-order valence-electron chi connectivity index (χ2n) is 11.6. The highest BCUT2D eigenvalue weighted by Gasteiger charge is 2.25. The van der Waals surface area contributed by atoms with Crippen LogP contribution in [0.2, 0.25) is 0 Å². The van der Waals surface area contributed by atoms with Gasteiger partial charge < -0.3 is 19.5 Å². The van der Waals surface area contributed by atoms with E-state index in [-0.39, 0.29) is 12.0 Å². The smallest absolute Gasteiger partial charge is 0.328 e. The molecule has 1 unspecified atom stereocenters. The minimum absolute atomic E-state index is 0.160. The first-order chi connectivity index (χ1) is 20.5. The van der Waals surface area contributed by atoms with E-state index in [0.717, 1.165) is 73.2 Å². The number of carbonyl (C=O) groups excluding carboxylic acids is 2. The summed E-state index contributed by atoms with van der Waals surface area (Å²) in [5.74, 6) is 0.768. The van der Waals surface area contributed by atoms with Gasteiger partial charge in [0.05, 0.1) is 33.0 Å². The van der Waals surface area contributed by atoms with Gasteiger partial charge in [0, 0.05) is 25.2 Å². The van der Waals surface area contributed by atoms with E-state index in [1.807, 2.05) is 36.6 Å². The largest absolute Gasteiger partial charge is 0.467 e. The van der Waals surface area contributed by atoms with Crippen molar-refractivity contribution in [1.29, 1.82) is 0 Å². The van der Waals surface area contributed by atoms with Gasteiger partial charge in [0.1, 0.15) is 6.04 Å². The lowest BCUT2D eigenvalue weighted by molar-refractivity contribution is -0.142. The van der Waals surface area contributed by atoms with Crippen molar-refractivity contribution in [3.8, 4) is 11.1 Å². The monoisotopic (exact) mass is 596 g/mol. The molecular weight excluding hydrogens is 548 g/mol. The Balaban J connectivity index is 1.54. The number of nitrogens with zero attached hydrogens (tertiary/aromatic N) is 1. The number of amides is 1. The van der Waals surface area contributed by atoms with Crippen LogP contribution in [0.3, 0.4) is 0 Å². The molecular formula is C34H48N2O5S. The quantitative estimate of drug-likeness (QED) is 0.273. The number of methoxy groups -OCH3 is 1. The average molecular weight is 597 g/mol. The molecule has 1 heterocycles. The van der Waals surface area contributed by atoms with E-state index in [4.69, 9.17) is 14.2 Å². The van der Waals surface area contributed by atoms with Crippen molar-refractivity contribution in [3.63, 3.8) is 0 Å². The van der Waals surface area contributed by atoms with Crippen molar-refractivity contribution < 1.29 is 23.8 Å². The molecule has 1 saturated heterocycles. The van der Waals surface area contributed by atoms with Crippen molar-refractivity contribution >= 4 is 23.6 Å². The van der Waals surface area contributed by atoms with Crippen LogP contribution in [0.25, 0.3) is 11.1 Å². The van der Waals surface area contributed by atoms with Crippen LogP contribution in [0.4, 0.5) is 0 Å². The van der Waals surface area contributed by atoms with E-state index in [1.165, 1.54) is 39.2 Å². The second-order valence-corrected chi connectivity index (χ2v) is 12.6. The number of thioether (sulfide) groups is 1. The number of morpholine rings is 1. The second kappa shape index (κ2) is 17.0. The SMILES string of the molecule is COC(=O)C(CCSC)NC(=O)c1ccc(CO[C@@H](CC2CCCCC2)CN2CCOCC2)cc1-c1ccccc1C. The first-order valence-electron chi connectivity index (χ1n) is 15.5. The van der Waals surface area contributed by atoms with Crippen LogP contribution in [0.1, 0.15) is 66.4 Å². The van der Waals surface area contributed by atoms with Gasteiger partial charge in [-0.15, -0.1) is 0 Å². The highest BCUT2D eigenvalue weighted by Crippen LogP contribution is 2.31. The predicted octanol–water partition coefficient (Wildman–Crippen LogP) is 5.87. The fourth-order valence-electron chi connectivity index (χ4n) is 6.12. The topological polar surface area (TPSA) is 77.1 Å². The van der Waals surface area contributed by atoms with Gasteiger partial charge in [-0.05, 0) is 72.1 Å². The van der Waals surface area contributed by atoms with Crippen LogP contribution in [0.15, 0.2) is 42.5 Å². The van der Waals surface area contributed by atoms with Crippen molar-refractivity contribution in [2.75, 3.05) is 52.0 Å². The highest BCUT2D eigenvalue weighted by molar-refractivity contribution is 7.98. The number of nitrogens with one attached hydrogen (secondary N) is 1. The zero-order valence-electron chi connectivity index (χ0n) is 25.6. The number of aryl methyl sites for hydroxylation is 1. The molecule has 2 aromatic carbocycles. The predicted molar refractivity (Wildman–Crippen MR) is 170 cm³/mol. The number of hydrogen-bond donors (Lipinski definition) is 1. The number of benzene rings is 2. The molecule has 2 atom stereocenters. The van der Waals surface area contributed by atoms with E-state index in [2.05, 4.69) is 29.3 Å². The maximum atomic E-state index is 13.6. The van der Waals surface area contributed by atoms with Crippen molar-refractivity contribution in [2.45, 2.75) is 70.6 Å². The van der Waals surface area contributed by atoms with E-state index < -0.39 is 12.0 Å². The fraction of sp³-hybridized carbons (Fsp3) is 0.588. The summed E-state index contributed by atoms with van der Waals surface area (Å²) in [6.07, 6.45) is 10.3. The minimum Gasteiger partial charge on any atom is -0.467 e. The molecule has 1 N–H and O–H groups in total. The van der Waals surface area contributed by atoms with Crippen LogP contribution in [0.5, 0.6) is 0 Å². The minimum atomic E-state index is -0.691. The molecule has 0 aromatic heterocycles. The van der Waals surface area contributed by atoms with Gasteiger partial charge in [-0.3, -0.25) is 9.69 Å². The summed E-state index contributed by atoms with van der Waals surface area (Å²) in [6, 6.07) is 13.3. The summed E-state index contributed by atoms with van der Waals surface area (Å²) < 4.78 is 17.2. The molecule has 1 aliphatic carbocycles. The summed E-state index contributed by atoms with van der Waals surface area (Å²) in [5.41, 5.74) is 4.50. The maximum absolute atomic E-state index is 13.6. The van der Waals surface area contributed by atoms with E-state index in [9.17, 15) is 9.59 Å². The number of ether oxygens (including phenoxy) is 3. The van der Waals surface area contributed by atoms with Gasteiger partial charge in [0.25, 0.3) is 5.91 Å². The lowest BCUT2D eigenvalue weighted by Gasteiger charge is -2.33. The molecule has 230 valence electrons. The van der Waals surface area contributed by atoms with Crippen molar-refractivity contribution in [1.82, 2.24) is 10.2 Å². The molecule has 1 saturated carbocycles. The zero-order chi connectivity index (χ0) is 29.7. The third-order valence-corrected chi connectivity index (χ3v) is 9.18. The first kappa shape index (κ1) is 32.5. The van der Waals surface area contributed by atoms with Crippen molar-refractivity contribution in [2.24, 2.45) is 5.92 Å². The Labute approximate surface area is 256 Å². The Kier molecular flexibility index (Phi) is 13.2. The van der Waals surface area contributed by atoms with Gasteiger partial charge in [-0.25, -0.2) is 4.79 Å². The van der Waals surface area contributed by atoms with E-state index in [0.29, 0.717) is 18.6 Å². The van der Waals surface area contributed by atoms with Gasteiger partial charge in [-0.1, -0.05) is 62.4 Å². The third-order valence-electron chi connectivity index (χ3n) is 8.54. The molecule has 0 spiro atoms. The molecule has 1 amide bonds. The fourth-order valence-corrected chi connectivity index (χ4v) is 6.59. The molecule has 0 bridgehead atoms. The molecule has 2 aromatic rings. The zero-order valence-corrected chi connectivity index (χ0v) is 26.4. The lowest BCUT2D eigenvalue weighted by atomic mass is 9.85. The number of rotatable bonds is 14. The molecule has 4 rings (SSSR count). The molecule has 8 heteroatoms. The normalized spacial score (nSPS) is 17.9. The van der Waals surface area contributed by atoms with Crippen molar-refractivity contribution in [3.05, 3.63) is 59.2 Å². The van der Waals surface area contributed by atoms with Crippen LogP contribution < -0.4 is 5.32 Å². The average Bonchev–Trinajstić information content (AvgIpc) is 3.02. The third kappa shape index (κ3) is 9.56. The van der Waals surface area contributed by atoms with Crippen LogP contribution in [-0.4, -0.2) is 80.9 Å². The molecule has 2 fully saturated rings. The molecule has 42 heavy (non-hydrogen) atoms. The molecule has 1 aliphatic heterocycles. The Bertz CT molecular complexity index is 1130. The summed E-state index contributed by atoms with van der Waals surface area (Å²) in [7, 11) is 1.36. The number of esters is 1. The standard InChI is InChI=1S/C34H48N2O5S/c1-25-9-7-8-12-29(25)31-22-27(13-14-30(31)33(37)35-32(15-20-42-3)34(38)39-2)24-41-28(21-26-10-5-4-6-11-26)23-36-16-18-40-19-17-36/h7-9,12-14,22,26,28,32H,4-6,10-11,15-21,23-24H2,1-3H3,(H,35,37)/t28-,32?/m0/s1. The van der Waals surface area contributed by atoms with Gasteiger partial charge in [0.2, 0.25) is 0 Å². The van der Waals surface area contributed by atoms with Gasteiger partial charge in [0.15, 0.2) is 0 Å². The van der Waals surface area contributed by atoms with Crippen LogP contribution in [0, 0.1) is 12.8 Å². The van der Waals surface area contributed by atoms with Crippen LogP contribution >= 0.6 is 11.8 Å². The number of carbonyl (C=O) groups is 2. The summed E-state index contributed by atoms with van der Waals surface area (Å²) >= 11 is 1.63. The van der Waals surface area contributed by atoms with Crippen LogP contribution in [-0.2, 0) is 25.6 Å². The molecule has 2 aliphatic rings. The van der Waals surface area contributed by atoms with Gasteiger partial charge in [-0.2, -0.15) is 11.8 Å². The van der Waals surface area contributed by atoms with E-state index in [1.54, 1.807) is 11.8 Å². The Morgan fingerprint density at radius 2 is 1.83 bits per heavy atom. The maximum Gasteiger partial charge on any atom is 0.328 e. The highest BCUT2D eigenvalue weighted by atomic mass is 32.2. The summed E-state index contributed by atoms with van der Waals surface area (Å²) in [6.45, 7) is 6.95. The summed E-state index contributed by atoms with van der Waals surface area (Å²) in [4.78, 5) is 28.5. The number of hydrogen-bond acceptors (Lipinski definition) is 7. The first-order valence-corrected chi connectivity index (χ1v) is 16.9. The Morgan fingerprint density at radius 3 is 2.55 bits per heavy atom. The van der Waals surface area contributed by atoms with Gasteiger partial charge >= 0.3 is 5.97 Å².